The Morgan fingerprint density at radius 2 is 2.29 bits per heavy atom. The Morgan fingerprint density at radius 3 is 2.86 bits per heavy atom. The fourth-order valence-corrected chi connectivity index (χ4v) is 2.63. The molecule has 2 rings (SSSR count). The molecule has 21 heavy (non-hydrogen) atoms. The first kappa shape index (κ1) is 15.6. The largest absolute Gasteiger partial charge is 0.462 e. The highest BCUT2D eigenvalue weighted by Gasteiger charge is 2.31. The number of carbonyl (C=O) groups excluding carboxylic acids is 2. The van der Waals surface area contributed by atoms with Crippen LogP contribution in [0.15, 0.2) is 18.2 Å². The highest BCUT2D eigenvalue weighted by molar-refractivity contribution is 6.18. The first-order chi connectivity index (χ1) is 10.1. The lowest BCUT2D eigenvalue weighted by Crippen LogP contribution is -2.26. The Kier molecular flexibility index (Phi) is 5.07. The molecule has 1 N–H and O–H groups in total. The average molecular weight is 311 g/mol. The Balaban J connectivity index is 2.34. The van der Waals surface area contributed by atoms with Crippen LogP contribution in [-0.2, 0) is 9.53 Å². The molecule has 1 aliphatic rings. The van der Waals surface area contributed by atoms with Gasteiger partial charge in [0.05, 0.1) is 23.5 Å². The molecule has 1 saturated heterocycles. The average Bonchev–Trinajstić information content (AvgIpc) is 2.87. The summed E-state index contributed by atoms with van der Waals surface area (Å²) in [6.45, 7) is 2.65. The van der Waals surface area contributed by atoms with Crippen molar-refractivity contribution in [2.24, 2.45) is 5.92 Å². The van der Waals surface area contributed by atoms with Crippen LogP contribution in [0.3, 0.4) is 0 Å². The van der Waals surface area contributed by atoms with Crippen molar-refractivity contribution in [1.29, 1.82) is 0 Å². The van der Waals surface area contributed by atoms with E-state index in [-0.39, 0.29) is 17.8 Å². The molecular weight excluding hydrogens is 292 g/mol. The number of carbonyl (C=O) groups is 2. The summed E-state index contributed by atoms with van der Waals surface area (Å²) >= 11 is 5.85. The molecule has 1 aliphatic heterocycles. The molecule has 1 unspecified atom stereocenters. The Hall–Kier alpha value is -1.75. The third kappa shape index (κ3) is 3.29. The molecule has 6 heteroatoms. The quantitative estimate of drug-likeness (QED) is 0.670. The Bertz CT molecular complexity index is 548. The third-order valence-corrected chi connectivity index (χ3v) is 3.93. The van der Waals surface area contributed by atoms with Crippen molar-refractivity contribution in [1.82, 2.24) is 0 Å². The summed E-state index contributed by atoms with van der Waals surface area (Å²) in [5, 5.41) is 3.05. The van der Waals surface area contributed by atoms with E-state index in [1.165, 1.54) is 0 Å². The van der Waals surface area contributed by atoms with Crippen LogP contribution in [0.2, 0.25) is 0 Å². The molecule has 0 spiro atoms. The number of nitrogens with one attached hydrogen (secondary N) is 1. The fourth-order valence-electron chi connectivity index (χ4n) is 2.43. The predicted octanol–water partition coefficient (Wildman–Crippen LogP) is 2.50. The second kappa shape index (κ2) is 6.80. The molecule has 1 aromatic carbocycles. The van der Waals surface area contributed by atoms with Gasteiger partial charge in [0.15, 0.2) is 0 Å². The number of rotatable bonds is 5. The van der Waals surface area contributed by atoms with Gasteiger partial charge >= 0.3 is 5.97 Å². The number of esters is 1. The normalized spacial score (nSPS) is 18.0. The van der Waals surface area contributed by atoms with E-state index in [0.29, 0.717) is 36.7 Å². The maximum atomic E-state index is 12.1. The number of benzene rings is 1. The number of anilines is 2. The van der Waals surface area contributed by atoms with Crippen LogP contribution in [0.25, 0.3) is 0 Å². The lowest BCUT2D eigenvalue weighted by Gasteiger charge is -2.21. The van der Waals surface area contributed by atoms with Gasteiger partial charge in [0.25, 0.3) is 0 Å². The molecule has 1 heterocycles. The summed E-state index contributed by atoms with van der Waals surface area (Å²) in [5.74, 6) is 0.240. The van der Waals surface area contributed by atoms with Crippen molar-refractivity contribution in [2.75, 3.05) is 36.3 Å². The molecule has 1 aromatic rings. The van der Waals surface area contributed by atoms with Crippen molar-refractivity contribution >= 4 is 34.9 Å². The number of halogens is 1. The molecule has 0 bridgehead atoms. The number of hydrogen-bond donors (Lipinski definition) is 1. The second-order valence-electron chi connectivity index (χ2n) is 4.93. The topological polar surface area (TPSA) is 58.6 Å². The molecule has 1 atom stereocenters. The van der Waals surface area contributed by atoms with Crippen molar-refractivity contribution < 1.29 is 14.3 Å². The van der Waals surface area contributed by atoms with E-state index in [9.17, 15) is 9.59 Å². The van der Waals surface area contributed by atoms with Crippen LogP contribution >= 0.6 is 11.6 Å². The maximum Gasteiger partial charge on any atom is 0.338 e. The number of hydrogen-bond acceptors (Lipinski definition) is 4. The summed E-state index contributed by atoms with van der Waals surface area (Å²) in [6, 6.07) is 5.16. The standard InChI is InChI=1S/C15H19ClN2O3/c1-3-21-15(20)11-4-5-12(17-2)13(7-11)18-9-10(8-16)6-14(18)19/h4-5,7,10,17H,3,6,8-9H2,1-2H3. The number of nitrogens with zero attached hydrogens (tertiary/aromatic N) is 1. The van der Waals surface area contributed by atoms with E-state index in [0.717, 1.165) is 5.69 Å². The van der Waals surface area contributed by atoms with Crippen LogP contribution in [0, 0.1) is 5.92 Å². The minimum atomic E-state index is -0.387. The summed E-state index contributed by atoms with van der Waals surface area (Å²) in [6.07, 6.45) is 0.441. The van der Waals surface area contributed by atoms with Crippen LogP contribution in [0.1, 0.15) is 23.7 Å². The molecule has 0 radical (unpaired) electrons. The molecule has 1 amide bonds. The second-order valence-corrected chi connectivity index (χ2v) is 5.24. The first-order valence-electron chi connectivity index (χ1n) is 6.96. The van der Waals surface area contributed by atoms with Crippen LogP contribution < -0.4 is 10.2 Å². The van der Waals surface area contributed by atoms with Gasteiger partial charge in [-0.15, -0.1) is 11.6 Å². The van der Waals surface area contributed by atoms with Crippen molar-refractivity contribution in [3.63, 3.8) is 0 Å². The zero-order valence-corrected chi connectivity index (χ0v) is 12.9. The van der Waals surface area contributed by atoms with Crippen LogP contribution in [-0.4, -0.2) is 38.0 Å². The molecule has 5 nitrogen and oxygen atoms in total. The molecule has 0 aliphatic carbocycles. The summed E-state index contributed by atoms with van der Waals surface area (Å²) < 4.78 is 5.00. The monoisotopic (exact) mass is 310 g/mol. The van der Waals surface area contributed by atoms with Gasteiger partial charge in [-0.05, 0) is 31.0 Å². The van der Waals surface area contributed by atoms with Gasteiger partial charge in [0.1, 0.15) is 0 Å². The van der Waals surface area contributed by atoms with Crippen LogP contribution in [0.5, 0.6) is 0 Å². The van der Waals surface area contributed by atoms with E-state index in [1.807, 2.05) is 0 Å². The zero-order valence-electron chi connectivity index (χ0n) is 12.2. The number of amides is 1. The van der Waals surface area contributed by atoms with Gasteiger partial charge in [-0.1, -0.05) is 0 Å². The van der Waals surface area contributed by atoms with Crippen molar-refractivity contribution in [3.05, 3.63) is 23.8 Å². The molecule has 0 saturated carbocycles. The first-order valence-corrected chi connectivity index (χ1v) is 7.49. The van der Waals surface area contributed by atoms with Crippen molar-refractivity contribution in [3.8, 4) is 0 Å². The Morgan fingerprint density at radius 1 is 1.52 bits per heavy atom. The Labute approximate surface area is 129 Å². The van der Waals surface area contributed by atoms with E-state index < -0.39 is 0 Å². The minimum Gasteiger partial charge on any atom is -0.462 e. The van der Waals surface area contributed by atoms with Gasteiger partial charge in [-0.2, -0.15) is 0 Å². The lowest BCUT2D eigenvalue weighted by molar-refractivity contribution is -0.117. The van der Waals surface area contributed by atoms with Gasteiger partial charge in [0, 0.05) is 25.9 Å². The number of ether oxygens (including phenoxy) is 1. The summed E-state index contributed by atoms with van der Waals surface area (Å²) in [5.41, 5.74) is 1.93. The number of alkyl halides is 1. The van der Waals surface area contributed by atoms with Gasteiger partial charge in [-0.25, -0.2) is 4.79 Å². The molecule has 114 valence electrons. The fraction of sp³-hybridized carbons (Fsp3) is 0.467. The van der Waals surface area contributed by atoms with Gasteiger partial charge in [0.2, 0.25) is 5.91 Å². The molecule has 1 fully saturated rings. The highest BCUT2D eigenvalue weighted by Crippen LogP contribution is 2.32. The van der Waals surface area contributed by atoms with Crippen LogP contribution in [0.4, 0.5) is 11.4 Å². The van der Waals surface area contributed by atoms with Gasteiger partial charge in [-0.3, -0.25) is 4.79 Å². The maximum absolute atomic E-state index is 12.1. The SMILES string of the molecule is CCOC(=O)c1ccc(NC)c(N2CC(CCl)CC2=O)c1. The minimum absolute atomic E-state index is 0.0261. The summed E-state index contributed by atoms with van der Waals surface area (Å²) in [4.78, 5) is 25.7. The van der Waals surface area contributed by atoms with E-state index >= 15 is 0 Å². The molecule has 0 aromatic heterocycles. The van der Waals surface area contributed by atoms with E-state index in [2.05, 4.69) is 5.32 Å². The summed E-state index contributed by atoms with van der Waals surface area (Å²) in [7, 11) is 1.78. The zero-order chi connectivity index (χ0) is 15.4. The van der Waals surface area contributed by atoms with Gasteiger partial charge < -0.3 is 15.0 Å². The molecular formula is C15H19ClN2O3. The van der Waals surface area contributed by atoms with E-state index in [1.54, 1.807) is 37.1 Å². The highest BCUT2D eigenvalue weighted by atomic mass is 35.5. The van der Waals surface area contributed by atoms with Crippen molar-refractivity contribution in [2.45, 2.75) is 13.3 Å². The third-order valence-electron chi connectivity index (χ3n) is 3.49. The van der Waals surface area contributed by atoms with E-state index in [4.69, 9.17) is 16.3 Å². The lowest BCUT2D eigenvalue weighted by atomic mass is 10.1. The smallest absolute Gasteiger partial charge is 0.338 e. The predicted molar refractivity (Wildman–Crippen MR) is 83.1 cm³/mol.